The van der Waals surface area contributed by atoms with E-state index in [0.717, 1.165) is 17.7 Å². The first-order valence-electron chi connectivity index (χ1n) is 7.87. The van der Waals surface area contributed by atoms with Crippen molar-refractivity contribution in [2.24, 2.45) is 0 Å². The van der Waals surface area contributed by atoms with E-state index >= 15 is 0 Å². The molecule has 5 nitrogen and oxygen atoms in total. The van der Waals surface area contributed by atoms with Crippen LogP contribution in [0.15, 0.2) is 47.6 Å². The van der Waals surface area contributed by atoms with Crippen LogP contribution in [0.4, 0.5) is 0 Å². The highest BCUT2D eigenvalue weighted by atomic mass is 32.1. The molecule has 3 rings (SSSR count). The van der Waals surface area contributed by atoms with Crippen LogP contribution < -0.4 is 0 Å². The Morgan fingerprint density at radius 2 is 2.04 bits per heavy atom. The van der Waals surface area contributed by atoms with Crippen LogP contribution in [-0.4, -0.2) is 33.2 Å². The number of Topliss-reactive ketones (excluding diaryl/α,β-unsaturated/α-hetero) is 1. The zero-order valence-electron chi connectivity index (χ0n) is 13.3. The third-order valence-electron chi connectivity index (χ3n) is 4.06. The average Bonchev–Trinajstić information content (AvgIpc) is 3.21. The second kappa shape index (κ2) is 6.97. The molecule has 24 heavy (non-hydrogen) atoms. The van der Waals surface area contributed by atoms with Crippen molar-refractivity contribution in [3.63, 3.8) is 0 Å². The molecule has 1 aliphatic heterocycles. The molecule has 1 N–H and O–H groups in total. The molecule has 1 atom stereocenters. The molecule has 3 heterocycles. The first kappa shape index (κ1) is 16.4. The number of likely N-dealkylation sites (tertiary alicyclic amines) is 1. The summed E-state index contributed by atoms with van der Waals surface area (Å²) in [4.78, 5) is 31.4. The smallest absolute Gasteiger partial charge is 0.295 e. The number of pyridine rings is 1. The predicted molar refractivity (Wildman–Crippen MR) is 92.5 cm³/mol. The molecular weight excluding hydrogens is 324 g/mol. The number of hydrogen-bond acceptors (Lipinski definition) is 5. The minimum Gasteiger partial charge on any atom is -0.507 e. The van der Waals surface area contributed by atoms with Gasteiger partial charge in [-0.25, -0.2) is 0 Å². The Morgan fingerprint density at radius 1 is 1.29 bits per heavy atom. The number of aromatic nitrogens is 1. The van der Waals surface area contributed by atoms with Gasteiger partial charge in [0.15, 0.2) is 0 Å². The average molecular weight is 342 g/mol. The van der Waals surface area contributed by atoms with E-state index < -0.39 is 17.7 Å². The van der Waals surface area contributed by atoms with Gasteiger partial charge in [0.25, 0.3) is 11.7 Å². The van der Waals surface area contributed by atoms with Crippen molar-refractivity contribution >= 4 is 28.8 Å². The zero-order chi connectivity index (χ0) is 17.1. The van der Waals surface area contributed by atoms with E-state index in [1.54, 1.807) is 29.4 Å². The second-order valence-corrected chi connectivity index (χ2v) is 6.58. The van der Waals surface area contributed by atoms with E-state index in [0.29, 0.717) is 12.1 Å². The first-order valence-corrected chi connectivity index (χ1v) is 8.75. The van der Waals surface area contributed by atoms with Crippen LogP contribution in [0.5, 0.6) is 0 Å². The summed E-state index contributed by atoms with van der Waals surface area (Å²) < 4.78 is 0. The van der Waals surface area contributed by atoms with E-state index in [1.165, 1.54) is 11.3 Å². The van der Waals surface area contributed by atoms with Gasteiger partial charge in [-0.15, -0.1) is 11.3 Å². The molecule has 1 aliphatic rings. The summed E-state index contributed by atoms with van der Waals surface area (Å²) in [6.07, 6.45) is 4.82. The molecule has 0 aromatic carbocycles. The van der Waals surface area contributed by atoms with Crippen LogP contribution in [0, 0.1) is 0 Å². The molecule has 1 unspecified atom stereocenters. The monoisotopic (exact) mass is 342 g/mol. The highest BCUT2D eigenvalue weighted by molar-refractivity contribution is 7.10. The Kier molecular flexibility index (Phi) is 4.76. The SMILES string of the molecule is CCCCN1C(=O)C(=O)/C(=C(\O)c2ccncc2)C1c1cccs1. The Balaban J connectivity index is 2.12. The van der Waals surface area contributed by atoms with Crippen LogP contribution in [0.2, 0.25) is 0 Å². The van der Waals surface area contributed by atoms with E-state index in [9.17, 15) is 14.7 Å². The van der Waals surface area contributed by atoms with E-state index in [1.807, 2.05) is 24.4 Å². The number of ketones is 1. The van der Waals surface area contributed by atoms with Crippen molar-refractivity contribution in [1.29, 1.82) is 0 Å². The van der Waals surface area contributed by atoms with Crippen molar-refractivity contribution in [2.45, 2.75) is 25.8 Å². The summed E-state index contributed by atoms with van der Waals surface area (Å²) in [6, 6.07) is 6.50. The minimum absolute atomic E-state index is 0.145. The lowest BCUT2D eigenvalue weighted by molar-refractivity contribution is -0.139. The van der Waals surface area contributed by atoms with E-state index in [-0.39, 0.29) is 11.3 Å². The normalized spacial score (nSPS) is 19.9. The molecular formula is C18H18N2O3S. The molecule has 0 radical (unpaired) electrons. The summed E-state index contributed by atoms with van der Waals surface area (Å²) in [7, 11) is 0. The van der Waals surface area contributed by atoms with Gasteiger partial charge in [-0.1, -0.05) is 19.4 Å². The number of aliphatic hydroxyl groups is 1. The van der Waals surface area contributed by atoms with Crippen molar-refractivity contribution in [1.82, 2.24) is 9.88 Å². The maximum atomic E-state index is 12.6. The Labute approximate surface area is 144 Å². The fourth-order valence-corrected chi connectivity index (χ4v) is 3.69. The molecule has 1 saturated heterocycles. The number of rotatable bonds is 5. The highest BCUT2D eigenvalue weighted by Gasteiger charge is 2.46. The molecule has 0 aliphatic carbocycles. The van der Waals surface area contributed by atoms with Crippen LogP contribution in [0.3, 0.4) is 0 Å². The molecule has 0 spiro atoms. The summed E-state index contributed by atoms with van der Waals surface area (Å²) in [6.45, 7) is 2.53. The van der Waals surface area contributed by atoms with Crippen molar-refractivity contribution < 1.29 is 14.7 Å². The lowest BCUT2D eigenvalue weighted by Gasteiger charge is -2.23. The van der Waals surface area contributed by atoms with Gasteiger partial charge >= 0.3 is 0 Å². The molecule has 2 aromatic heterocycles. The number of nitrogens with zero attached hydrogens (tertiary/aromatic N) is 2. The van der Waals surface area contributed by atoms with Crippen LogP contribution in [-0.2, 0) is 9.59 Å². The first-order chi connectivity index (χ1) is 11.6. The van der Waals surface area contributed by atoms with Gasteiger partial charge in [0.05, 0.1) is 11.6 Å². The van der Waals surface area contributed by atoms with Gasteiger partial charge < -0.3 is 10.0 Å². The number of aliphatic hydroxyl groups excluding tert-OH is 1. The Hall–Kier alpha value is -2.47. The third-order valence-corrected chi connectivity index (χ3v) is 4.98. The standard InChI is InChI=1S/C18H18N2O3S/c1-2-3-10-20-15(13-5-4-11-24-13)14(17(22)18(20)23)16(21)12-6-8-19-9-7-12/h4-9,11,15,21H,2-3,10H2,1H3/b16-14-. The lowest BCUT2D eigenvalue weighted by Crippen LogP contribution is -2.30. The van der Waals surface area contributed by atoms with Crippen molar-refractivity contribution in [3.8, 4) is 0 Å². The summed E-state index contributed by atoms with van der Waals surface area (Å²) in [5, 5.41) is 12.6. The van der Waals surface area contributed by atoms with Gasteiger partial charge in [0.2, 0.25) is 0 Å². The highest BCUT2D eigenvalue weighted by Crippen LogP contribution is 2.40. The zero-order valence-corrected chi connectivity index (χ0v) is 14.1. The number of unbranched alkanes of at least 4 members (excludes halogenated alkanes) is 1. The number of carbonyl (C=O) groups is 2. The molecule has 124 valence electrons. The number of amides is 1. The fraction of sp³-hybridized carbons (Fsp3) is 0.278. The van der Waals surface area contributed by atoms with E-state index in [2.05, 4.69) is 4.98 Å². The quantitative estimate of drug-likeness (QED) is 0.514. The Morgan fingerprint density at radius 3 is 2.67 bits per heavy atom. The van der Waals surface area contributed by atoms with Crippen molar-refractivity contribution in [2.75, 3.05) is 6.54 Å². The summed E-state index contributed by atoms with van der Waals surface area (Å²) >= 11 is 1.47. The van der Waals surface area contributed by atoms with Crippen LogP contribution in [0.1, 0.15) is 36.2 Å². The van der Waals surface area contributed by atoms with Gasteiger partial charge in [-0.2, -0.15) is 0 Å². The second-order valence-electron chi connectivity index (χ2n) is 5.60. The topological polar surface area (TPSA) is 70.5 Å². The maximum Gasteiger partial charge on any atom is 0.295 e. The number of carbonyl (C=O) groups excluding carboxylic acids is 2. The van der Waals surface area contributed by atoms with Crippen LogP contribution in [0.25, 0.3) is 5.76 Å². The fourth-order valence-electron chi connectivity index (χ4n) is 2.85. The lowest BCUT2D eigenvalue weighted by atomic mass is 10.0. The largest absolute Gasteiger partial charge is 0.507 e. The maximum absolute atomic E-state index is 12.6. The minimum atomic E-state index is -0.626. The molecule has 0 bridgehead atoms. The molecule has 6 heteroatoms. The molecule has 1 fully saturated rings. The molecule has 1 amide bonds. The Bertz CT molecular complexity index is 769. The van der Waals surface area contributed by atoms with Gasteiger partial charge in [-0.05, 0) is 30.0 Å². The van der Waals surface area contributed by atoms with Gasteiger partial charge in [0, 0.05) is 29.4 Å². The van der Waals surface area contributed by atoms with Crippen molar-refractivity contribution in [3.05, 3.63) is 58.1 Å². The number of hydrogen-bond donors (Lipinski definition) is 1. The van der Waals surface area contributed by atoms with Crippen LogP contribution >= 0.6 is 11.3 Å². The predicted octanol–water partition coefficient (Wildman–Crippen LogP) is 3.36. The molecule has 2 aromatic rings. The van der Waals surface area contributed by atoms with E-state index in [4.69, 9.17) is 0 Å². The third kappa shape index (κ3) is 2.85. The van der Waals surface area contributed by atoms with Gasteiger partial charge in [0.1, 0.15) is 5.76 Å². The van der Waals surface area contributed by atoms with Gasteiger partial charge in [-0.3, -0.25) is 14.6 Å². The molecule has 0 saturated carbocycles. The summed E-state index contributed by atoms with van der Waals surface area (Å²) in [5.41, 5.74) is 0.643. The summed E-state index contributed by atoms with van der Waals surface area (Å²) in [5.74, 6) is -1.32. The number of thiophene rings is 1.